The first-order valence-electron chi connectivity index (χ1n) is 8.45. The Hall–Kier alpha value is -3.00. The van der Waals surface area contributed by atoms with Crippen LogP contribution in [0.15, 0.2) is 36.4 Å². The monoisotopic (exact) mass is 376 g/mol. The van der Waals surface area contributed by atoms with E-state index < -0.39 is 29.1 Å². The first-order valence-corrected chi connectivity index (χ1v) is 8.45. The van der Waals surface area contributed by atoms with Gasteiger partial charge in [0.25, 0.3) is 5.91 Å². The van der Waals surface area contributed by atoms with Crippen molar-refractivity contribution in [3.63, 3.8) is 0 Å². The quantitative estimate of drug-likeness (QED) is 0.847. The van der Waals surface area contributed by atoms with Crippen molar-refractivity contribution in [2.24, 2.45) is 0 Å². The van der Waals surface area contributed by atoms with Gasteiger partial charge in [-0.05, 0) is 30.3 Å². The summed E-state index contributed by atoms with van der Waals surface area (Å²) in [6, 6.07) is 7.02. The second-order valence-corrected chi connectivity index (χ2v) is 5.97. The number of anilines is 1. The minimum absolute atomic E-state index is 0.294. The van der Waals surface area contributed by atoms with Crippen LogP contribution in [0.3, 0.4) is 0 Å². The van der Waals surface area contributed by atoms with Gasteiger partial charge in [0.2, 0.25) is 0 Å². The van der Waals surface area contributed by atoms with Gasteiger partial charge in [0.1, 0.15) is 22.9 Å². The van der Waals surface area contributed by atoms with Gasteiger partial charge in [0.05, 0.1) is 6.61 Å². The molecule has 0 aliphatic carbocycles. The molecule has 0 bridgehead atoms. The van der Waals surface area contributed by atoms with Crippen molar-refractivity contribution in [2.45, 2.75) is 32.7 Å². The summed E-state index contributed by atoms with van der Waals surface area (Å²) in [6.45, 7) is 2.36. The zero-order chi connectivity index (χ0) is 19.4. The molecule has 0 saturated carbocycles. The molecule has 0 aromatic heterocycles. The Morgan fingerprint density at radius 3 is 2.63 bits per heavy atom. The molecule has 3 amide bonds. The fraction of sp³-hybridized carbons (Fsp3) is 0.263. The second kappa shape index (κ2) is 8.13. The van der Waals surface area contributed by atoms with Gasteiger partial charge in [0, 0.05) is 17.7 Å². The zero-order valence-corrected chi connectivity index (χ0v) is 14.6. The summed E-state index contributed by atoms with van der Waals surface area (Å²) in [7, 11) is 0. The fourth-order valence-corrected chi connectivity index (χ4v) is 2.66. The van der Waals surface area contributed by atoms with Gasteiger partial charge >= 0.3 is 6.03 Å². The maximum absolute atomic E-state index is 13.6. The molecule has 142 valence electrons. The van der Waals surface area contributed by atoms with E-state index >= 15 is 0 Å². The van der Waals surface area contributed by atoms with E-state index in [-0.39, 0.29) is 6.29 Å². The number of ether oxygens (including phenoxy) is 2. The van der Waals surface area contributed by atoms with Crippen molar-refractivity contribution in [1.29, 1.82) is 0 Å². The van der Waals surface area contributed by atoms with Crippen LogP contribution in [0.1, 0.15) is 35.7 Å². The Bertz CT molecular complexity index is 853. The number of nitrogens with one attached hydrogen (secondary N) is 2. The molecule has 27 heavy (non-hydrogen) atoms. The molecule has 1 heterocycles. The summed E-state index contributed by atoms with van der Waals surface area (Å²) >= 11 is 0. The van der Waals surface area contributed by atoms with Crippen LogP contribution in [0.4, 0.5) is 19.3 Å². The van der Waals surface area contributed by atoms with Gasteiger partial charge in [-0.25, -0.2) is 13.6 Å². The lowest BCUT2D eigenvalue weighted by molar-refractivity contribution is -0.111. The number of rotatable bonds is 4. The number of hydrogen-bond donors (Lipinski definition) is 2. The van der Waals surface area contributed by atoms with Crippen molar-refractivity contribution in [2.75, 3.05) is 5.32 Å². The number of imide groups is 1. The molecular formula is C19H18F2N2O4. The summed E-state index contributed by atoms with van der Waals surface area (Å²) in [5, 5.41) is 4.34. The van der Waals surface area contributed by atoms with E-state index in [1.807, 2.05) is 12.2 Å². The molecule has 1 aliphatic heterocycles. The highest BCUT2D eigenvalue weighted by atomic mass is 19.1. The van der Waals surface area contributed by atoms with E-state index in [1.165, 1.54) is 0 Å². The molecule has 0 fully saturated rings. The van der Waals surface area contributed by atoms with Crippen LogP contribution in [0.5, 0.6) is 5.75 Å². The highest BCUT2D eigenvalue weighted by molar-refractivity contribution is 6.08. The molecule has 2 aromatic carbocycles. The predicted molar refractivity (Wildman–Crippen MR) is 93.4 cm³/mol. The van der Waals surface area contributed by atoms with Crippen molar-refractivity contribution < 1.29 is 27.8 Å². The first-order chi connectivity index (χ1) is 13.0. The number of carbonyl (C=O) groups is 2. The SMILES string of the molecule is CCCC1OCc2cc(NC(=O)NC(=O)c3c(F)cccc3F)ccc2O1. The smallest absolute Gasteiger partial charge is 0.326 e. The molecule has 1 atom stereocenters. The molecular weight excluding hydrogens is 358 g/mol. The van der Waals surface area contributed by atoms with Crippen LogP contribution < -0.4 is 15.4 Å². The van der Waals surface area contributed by atoms with Crippen LogP contribution in [0, 0.1) is 11.6 Å². The number of benzene rings is 2. The summed E-state index contributed by atoms with van der Waals surface area (Å²) in [6.07, 6.45) is 1.41. The maximum Gasteiger partial charge on any atom is 0.326 e. The van der Waals surface area contributed by atoms with Gasteiger partial charge in [-0.3, -0.25) is 10.1 Å². The Kier molecular flexibility index (Phi) is 5.66. The average Bonchev–Trinajstić information content (AvgIpc) is 2.62. The summed E-state index contributed by atoms with van der Waals surface area (Å²) in [5.41, 5.74) is 0.308. The average molecular weight is 376 g/mol. The molecule has 0 saturated heterocycles. The van der Waals surface area contributed by atoms with Crippen molar-refractivity contribution in [3.8, 4) is 5.75 Å². The molecule has 0 radical (unpaired) electrons. The Morgan fingerprint density at radius 1 is 1.19 bits per heavy atom. The van der Waals surface area contributed by atoms with Gasteiger partial charge in [-0.2, -0.15) is 0 Å². The van der Waals surface area contributed by atoms with Crippen molar-refractivity contribution >= 4 is 17.6 Å². The highest BCUT2D eigenvalue weighted by Crippen LogP contribution is 2.30. The third-order valence-corrected chi connectivity index (χ3v) is 3.94. The minimum Gasteiger partial charge on any atom is -0.465 e. The largest absolute Gasteiger partial charge is 0.465 e. The number of fused-ring (bicyclic) bond motifs is 1. The van der Waals surface area contributed by atoms with Crippen LogP contribution >= 0.6 is 0 Å². The standard InChI is InChI=1S/C19H18F2N2O4/c1-2-4-16-26-10-11-9-12(7-8-15(11)27-16)22-19(25)23-18(24)17-13(20)5-3-6-14(17)21/h3,5-9,16H,2,4,10H2,1H3,(H2,22,23,24,25). The lowest BCUT2D eigenvalue weighted by Crippen LogP contribution is -2.35. The van der Waals surface area contributed by atoms with Gasteiger partial charge in [-0.15, -0.1) is 0 Å². The number of halogens is 2. The van der Waals surface area contributed by atoms with E-state index in [0.29, 0.717) is 18.0 Å². The number of urea groups is 1. The normalized spacial score (nSPS) is 15.4. The zero-order valence-electron chi connectivity index (χ0n) is 14.6. The predicted octanol–water partition coefficient (Wildman–Crippen LogP) is 3.96. The lowest BCUT2D eigenvalue weighted by atomic mass is 10.1. The van der Waals surface area contributed by atoms with Crippen LogP contribution in [-0.4, -0.2) is 18.2 Å². The number of carbonyl (C=O) groups excluding carboxylic acids is 2. The Morgan fingerprint density at radius 2 is 1.93 bits per heavy atom. The molecule has 6 nitrogen and oxygen atoms in total. The van der Waals surface area contributed by atoms with Gasteiger partial charge in [-0.1, -0.05) is 19.4 Å². The van der Waals surface area contributed by atoms with Crippen molar-refractivity contribution in [1.82, 2.24) is 5.32 Å². The number of amides is 3. The van der Waals surface area contributed by atoms with Crippen LogP contribution in [-0.2, 0) is 11.3 Å². The Balaban J connectivity index is 1.64. The lowest BCUT2D eigenvalue weighted by Gasteiger charge is -2.26. The highest BCUT2D eigenvalue weighted by Gasteiger charge is 2.21. The van der Waals surface area contributed by atoms with E-state index in [1.54, 1.807) is 18.2 Å². The van der Waals surface area contributed by atoms with Crippen LogP contribution in [0.2, 0.25) is 0 Å². The molecule has 8 heteroatoms. The molecule has 2 aromatic rings. The summed E-state index contributed by atoms with van der Waals surface area (Å²) < 4.78 is 38.4. The van der Waals surface area contributed by atoms with Gasteiger partial charge < -0.3 is 14.8 Å². The topological polar surface area (TPSA) is 76.7 Å². The van der Waals surface area contributed by atoms with E-state index in [4.69, 9.17) is 9.47 Å². The van der Waals surface area contributed by atoms with E-state index in [2.05, 4.69) is 5.32 Å². The van der Waals surface area contributed by atoms with Gasteiger partial charge in [0.15, 0.2) is 6.29 Å². The summed E-state index contributed by atoms with van der Waals surface area (Å²) in [4.78, 5) is 23.9. The molecule has 3 rings (SSSR count). The molecule has 2 N–H and O–H groups in total. The third-order valence-electron chi connectivity index (χ3n) is 3.94. The molecule has 1 aliphatic rings. The fourth-order valence-electron chi connectivity index (χ4n) is 2.66. The Labute approximate surface area is 154 Å². The second-order valence-electron chi connectivity index (χ2n) is 5.97. The third kappa shape index (κ3) is 4.40. The van der Waals surface area contributed by atoms with E-state index in [0.717, 1.165) is 36.6 Å². The van der Waals surface area contributed by atoms with Crippen LogP contribution in [0.25, 0.3) is 0 Å². The minimum atomic E-state index is -1.17. The molecule has 0 spiro atoms. The number of hydrogen-bond acceptors (Lipinski definition) is 4. The first kappa shape index (κ1) is 18.8. The molecule has 1 unspecified atom stereocenters. The van der Waals surface area contributed by atoms with E-state index in [9.17, 15) is 18.4 Å². The van der Waals surface area contributed by atoms with Crippen molar-refractivity contribution in [3.05, 3.63) is 59.2 Å². The maximum atomic E-state index is 13.6. The summed E-state index contributed by atoms with van der Waals surface area (Å²) in [5.74, 6) is -2.61.